The SMILES string of the molecule is Cc1ccccc1C(=O)Nc1cc(C#N)c2[nH]c3ccccc3n2c1=O. The molecule has 26 heavy (non-hydrogen) atoms. The molecular formula is C20H14N4O2. The molecule has 6 nitrogen and oxygen atoms in total. The summed E-state index contributed by atoms with van der Waals surface area (Å²) in [7, 11) is 0. The van der Waals surface area contributed by atoms with Crippen LogP contribution in [-0.4, -0.2) is 15.3 Å². The van der Waals surface area contributed by atoms with Gasteiger partial charge in [-0.2, -0.15) is 5.26 Å². The summed E-state index contributed by atoms with van der Waals surface area (Å²) in [6, 6.07) is 17.9. The van der Waals surface area contributed by atoms with Crippen LogP contribution in [0.2, 0.25) is 0 Å². The van der Waals surface area contributed by atoms with E-state index >= 15 is 0 Å². The summed E-state index contributed by atoms with van der Waals surface area (Å²) in [6.07, 6.45) is 0. The predicted molar refractivity (Wildman–Crippen MR) is 99.4 cm³/mol. The molecule has 4 aromatic rings. The first-order valence-corrected chi connectivity index (χ1v) is 8.03. The van der Waals surface area contributed by atoms with Crippen molar-refractivity contribution >= 4 is 28.3 Å². The van der Waals surface area contributed by atoms with Crippen molar-refractivity contribution in [1.82, 2.24) is 9.38 Å². The third-order valence-electron chi connectivity index (χ3n) is 4.36. The first-order valence-electron chi connectivity index (χ1n) is 8.03. The Morgan fingerprint density at radius 2 is 1.88 bits per heavy atom. The lowest BCUT2D eigenvalue weighted by Gasteiger charge is -2.08. The zero-order valence-corrected chi connectivity index (χ0v) is 13.9. The van der Waals surface area contributed by atoms with Gasteiger partial charge in [0, 0.05) is 5.56 Å². The number of para-hydroxylation sites is 2. The average molecular weight is 342 g/mol. The molecule has 0 aliphatic rings. The van der Waals surface area contributed by atoms with Crippen LogP contribution in [0, 0.1) is 18.3 Å². The van der Waals surface area contributed by atoms with Crippen LogP contribution in [0.15, 0.2) is 59.4 Å². The van der Waals surface area contributed by atoms with Crippen LogP contribution in [0.3, 0.4) is 0 Å². The number of hydrogen-bond donors (Lipinski definition) is 2. The molecule has 0 bridgehead atoms. The molecule has 2 aromatic carbocycles. The number of pyridine rings is 1. The minimum atomic E-state index is -0.390. The summed E-state index contributed by atoms with van der Waals surface area (Å²) in [4.78, 5) is 28.6. The normalized spacial score (nSPS) is 10.8. The van der Waals surface area contributed by atoms with Gasteiger partial charge in [-0.15, -0.1) is 0 Å². The van der Waals surface area contributed by atoms with Gasteiger partial charge in [-0.3, -0.25) is 14.0 Å². The highest BCUT2D eigenvalue weighted by Gasteiger charge is 2.17. The molecule has 4 rings (SSSR count). The highest BCUT2D eigenvalue weighted by Crippen LogP contribution is 2.20. The predicted octanol–water partition coefficient (Wildman–Crippen LogP) is 3.21. The van der Waals surface area contributed by atoms with Crippen LogP contribution in [0.25, 0.3) is 16.7 Å². The van der Waals surface area contributed by atoms with Crippen LogP contribution in [-0.2, 0) is 0 Å². The second-order valence-electron chi connectivity index (χ2n) is 5.98. The topological polar surface area (TPSA) is 90.2 Å². The summed E-state index contributed by atoms with van der Waals surface area (Å²) in [5.74, 6) is -0.385. The zero-order chi connectivity index (χ0) is 18.3. The molecule has 0 atom stereocenters. The Kier molecular flexibility index (Phi) is 3.55. The molecular weight excluding hydrogens is 328 g/mol. The number of aromatic amines is 1. The molecule has 2 N–H and O–H groups in total. The number of nitriles is 1. The Morgan fingerprint density at radius 3 is 2.65 bits per heavy atom. The fraction of sp³-hybridized carbons (Fsp3) is 0.0500. The van der Waals surface area contributed by atoms with E-state index in [2.05, 4.69) is 16.4 Å². The first-order chi connectivity index (χ1) is 12.6. The fourth-order valence-corrected chi connectivity index (χ4v) is 3.06. The van der Waals surface area contributed by atoms with Gasteiger partial charge in [-0.05, 0) is 36.8 Å². The van der Waals surface area contributed by atoms with Gasteiger partial charge in [0.1, 0.15) is 17.4 Å². The largest absolute Gasteiger partial charge is 0.338 e. The zero-order valence-electron chi connectivity index (χ0n) is 13.9. The Hall–Kier alpha value is -3.85. The molecule has 1 amide bonds. The summed E-state index contributed by atoms with van der Waals surface area (Å²) in [6.45, 7) is 1.82. The number of benzene rings is 2. The highest BCUT2D eigenvalue weighted by molar-refractivity contribution is 6.05. The first kappa shape index (κ1) is 15.7. The number of carbonyl (C=O) groups excluding carboxylic acids is 1. The van der Waals surface area contributed by atoms with Gasteiger partial charge in [0.25, 0.3) is 11.5 Å². The molecule has 0 saturated heterocycles. The van der Waals surface area contributed by atoms with Gasteiger partial charge >= 0.3 is 0 Å². The fourth-order valence-electron chi connectivity index (χ4n) is 3.06. The minimum Gasteiger partial charge on any atom is -0.338 e. The van der Waals surface area contributed by atoms with Crippen molar-refractivity contribution in [2.45, 2.75) is 6.92 Å². The Bertz CT molecular complexity index is 1270. The third-order valence-corrected chi connectivity index (χ3v) is 4.36. The Morgan fingerprint density at radius 1 is 1.15 bits per heavy atom. The molecule has 0 aliphatic carbocycles. The van der Waals surface area contributed by atoms with E-state index in [1.807, 2.05) is 37.3 Å². The third kappa shape index (κ3) is 2.34. The lowest BCUT2D eigenvalue weighted by atomic mass is 10.1. The maximum Gasteiger partial charge on any atom is 0.280 e. The number of amides is 1. The van der Waals surface area contributed by atoms with Crippen LogP contribution >= 0.6 is 0 Å². The van der Waals surface area contributed by atoms with E-state index in [1.54, 1.807) is 18.2 Å². The molecule has 0 aliphatic heterocycles. The number of H-pyrrole nitrogens is 1. The van der Waals surface area contributed by atoms with Gasteiger partial charge in [-0.1, -0.05) is 30.3 Å². The number of hydrogen-bond acceptors (Lipinski definition) is 3. The molecule has 126 valence electrons. The quantitative estimate of drug-likeness (QED) is 0.586. The molecule has 2 heterocycles. The lowest BCUT2D eigenvalue weighted by molar-refractivity contribution is 0.102. The van der Waals surface area contributed by atoms with Crippen molar-refractivity contribution in [1.29, 1.82) is 5.26 Å². The maximum atomic E-state index is 12.9. The van der Waals surface area contributed by atoms with E-state index in [1.165, 1.54) is 10.5 Å². The van der Waals surface area contributed by atoms with Crippen LogP contribution in [0.1, 0.15) is 21.5 Å². The van der Waals surface area contributed by atoms with E-state index in [4.69, 9.17) is 0 Å². The summed E-state index contributed by atoms with van der Waals surface area (Å²) < 4.78 is 1.42. The number of nitrogens with one attached hydrogen (secondary N) is 2. The van der Waals surface area contributed by atoms with Crippen molar-refractivity contribution in [2.24, 2.45) is 0 Å². The molecule has 2 aromatic heterocycles. The van der Waals surface area contributed by atoms with Crippen molar-refractivity contribution in [3.05, 3.63) is 81.6 Å². The summed E-state index contributed by atoms with van der Waals surface area (Å²) in [5.41, 5.74) is 3.04. The molecule has 0 saturated carbocycles. The van der Waals surface area contributed by atoms with E-state index in [-0.39, 0.29) is 17.2 Å². The van der Waals surface area contributed by atoms with Crippen molar-refractivity contribution in [2.75, 3.05) is 5.32 Å². The number of anilines is 1. The highest BCUT2D eigenvalue weighted by atomic mass is 16.2. The van der Waals surface area contributed by atoms with Crippen molar-refractivity contribution < 1.29 is 4.79 Å². The number of aryl methyl sites for hydroxylation is 1. The van der Waals surface area contributed by atoms with Gasteiger partial charge in [0.2, 0.25) is 0 Å². The van der Waals surface area contributed by atoms with Crippen molar-refractivity contribution in [3.63, 3.8) is 0 Å². The summed E-state index contributed by atoms with van der Waals surface area (Å²) in [5, 5.41) is 12.1. The monoisotopic (exact) mass is 342 g/mol. The minimum absolute atomic E-state index is 0.0667. The van der Waals surface area contributed by atoms with Crippen LogP contribution in [0.5, 0.6) is 0 Å². The smallest absolute Gasteiger partial charge is 0.280 e. The molecule has 0 radical (unpaired) electrons. The average Bonchev–Trinajstić information content (AvgIpc) is 3.04. The number of rotatable bonds is 2. The van der Waals surface area contributed by atoms with E-state index < -0.39 is 5.56 Å². The van der Waals surface area contributed by atoms with Crippen molar-refractivity contribution in [3.8, 4) is 6.07 Å². The van der Waals surface area contributed by atoms with Crippen LogP contribution in [0.4, 0.5) is 5.69 Å². The Balaban J connectivity index is 1.91. The molecule has 0 fully saturated rings. The standard InChI is InChI=1S/C20H14N4O2/c1-12-6-2-3-7-14(12)19(25)23-16-10-13(11-21)18-22-15-8-4-5-9-17(15)24(18)20(16)26/h2-10,22H,1H3,(H,23,25). The molecule has 0 spiro atoms. The number of nitrogens with zero attached hydrogens (tertiary/aromatic N) is 2. The van der Waals surface area contributed by atoms with Gasteiger partial charge in [0.15, 0.2) is 0 Å². The molecule has 6 heteroatoms. The number of imidazole rings is 1. The number of fused-ring (bicyclic) bond motifs is 3. The van der Waals surface area contributed by atoms with Gasteiger partial charge in [0.05, 0.1) is 16.6 Å². The maximum absolute atomic E-state index is 12.9. The van der Waals surface area contributed by atoms with E-state index in [0.717, 1.165) is 11.1 Å². The second kappa shape index (κ2) is 5.90. The van der Waals surface area contributed by atoms with Gasteiger partial charge in [-0.25, -0.2) is 0 Å². The van der Waals surface area contributed by atoms with E-state index in [9.17, 15) is 14.9 Å². The van der Waals surface area contributed by atoms with E-state index in [0.29, 0.717) is 16.7 Å². The summed E-state index contributed by atoms with van der Waals surface area (Å²) >= 11 is 0. The molecule has 0 unspecified atom stereocenters. The number of carbonyl (C=O) groups is 1. The Labute approximate surface area is 148 Å². The lowest BCUT2D eigenvalue weighted by Crippen LogP contribution is -2.23. The number of aromatic nitrogens is 2. The van der Waals surface area contributed by atoms with Crippen LogP contribution < -0.4 is 10.9 Å². The van der Waals surface area contributed by atoms with Gasteiger partial charge < -0.3 is 10.3 Å². The second-order valence-corrected chi connectivity index (χ2v) is 5.98.